The lowest BCUT2D eigenvalue weighted by Gasteiger charge is -2.15. The number of nitrogens with zero attached hydrogens (tertiary/aromatic N) is 2. The molecule has 1 atom stereocenters. The Morgan fingerprint density at radius 1 is 1.43 bits per heavy atom. The maximum Gasteiger partial charge on any atom is 0.319 e. The van der Waals surface area contributed by atoms with Gasteiger partial charge in [-0.3, -0.25) is 10.1 Å². The molecule has 4 N–H and O–H groups in total. The first-order valence-corrected chi connectivity index (χ1v) is 6.75. The molecular formula is C14H19N5O2. The summed E-state index contributed by atoms with van der Waals surface area (Å²) in [4.78, 5) is 16.0. The number of rotatable bonds is 5. The van der Waals surface area contributed by atoms with Gasteiger partial charge in [0.05, 0.1) is 23.7 Å². The van der Waals surface area contributed by atoms with Gasteiger partial charge in [0.1, 0.15) is 5.69 Å². The average molecular weight is 289 g/mol. The number of carbonyl (C=O) groups excluding carboxylic acids is 1. The van der Waals surface area contributed by atoms with Gasteiger partial charge in [-0.1, -0.05) is 19.9 Å². The largest absolute Gasteiger partial charge is 0.391 e. The van der Waals surface area contributed by atoms with E-state index >= 15 is 0 Å². The zero-order valence-corrected chi connectivity index (χ0v) is 12.0. The Morgan fingerprint density at radius 2 is 2.24 bits per heavy atom. The minimum absolute atomic E-state index is 0.0864. The van der Waals surface area contributed by atoms with Crippen LogP contribution in [0.15, 0.2) is 30.6 Å². The molecule has 0 saturated carbocycles. The van der Waals surface area contributed by atoms with Crippen molar-refractivity contribution in [1.82, 2.24) is 20.5 Å². The Morgan fingerprint density at radius 3 is 2.90 bits per heavy atom. The summed E-state index contributed by atoms with van der Waals surface area (Å²) in [6, 6.07) is 5.09. The average Bonchev–Trinajstić information content (AvgIpc) is 2.93. The highest BCUT2D eigenvalue weighted by atomic mass is 16.3. The number of pyridine rings is 1. The summed E-state index contributed by atoms with van der Waals surface area (Å²) in [7, 11) is 0. The van der Waals surface area contributed by atoms with Crippen molar-refractivity contribution in [2.45, 2.75) is 20.0 Å². The number of urea groups is 1. The van der Waals surface area contributed by atoms with Crippen LogP contribution in [0.1, 0.15) is 13.8 Å². The Kier molecular flexibility index (Phi) is 4.89. The molecule has 0 spiro atoms. The lowest BCUT2D eigenvalue weighted by molar-refractivity contribution is 0.126. The fourth-order valence-corrected chi connectivity index (χ4v) is 1.69. The zero-order valence-electron chi connectivity index (χ0n) is 12.0. The van der Waals surface area contributed by atoms with Gasteiger partial charge in [-0.05, 0) is 18.1 Å². The third-order valence-corrected chi connectivity index (χ3v) is 3.05. The van der Waals surface area contributed by atoms with Crippen LogP contribution in [0.4, 0.5) is 10.5 Å². The molecule has 2 heterocycles. The molecule has 0 aliphatic carbocycles. The summed E-state index contributed by atoms with van der Waals surface area (Å²) in [6.45, 7) is 3.97. The molecule has 2 aromatic rings. The van der Waals surface area contributed by atoms with Gasteiger partial charge >= 0.3 is 6.03 Å². The lowest BCUT2D eigenvalue weighted by atomic mass is 10.1. The van der Waals surface area contributed by atoms with Crippen LogP contribution in [-0.4, -0.2) is 39.0 Å². The Labute approximate surface area is 122 Å². The van der Waals surface area contributed by atoms with Gasteiger partial charge in [-0.2, -0.15) is 5.10 Å². The maximum atomic E-state index is 11.8. The number of aromatic nitrogens is 3. The first-order valence-electron chi connectivity index (χ1n) is 6.75. The molecule has 0 aromatic carbocycles. The lowest BCUT2D eigenvalue weighted by Crippen LogP contribution is -2.37. The van der Waals surface area contributed by atoms with E-state index < -0.39 is 12.1 Å². The summed E-state index contributed by atoms with van der Waals surface area (Å²) < 4.78 is 0. The van der Waals surface area contributed by atoms with E-state index in [4.69, 9.17) is 0 Å². The summed E-state index contributed by atoms with van der Waals surface area (Å²) in [5, 5.41) is 21.7. The van der Waals surface area contributed by atoms with Crippen molar-refractivity contribution < 1.29 is 9.90 Å². The van der Waals surface area contributed by atoms with Crippen molar-refractivity contribution in [3.05, 3.63) is 30.6 Å². The second-order valence-electron chi connectivity index (χ2n) is 5.02. The summed E-state index contributed by atoms with van der Waals surface area (Å²) >= 11 is 0. The smallest absolute Gasteiger partial charge is 0.319 e. The molecule has 1 unspecified atom stereocenters. The van der Waals surface area contributed by atoms with Crippen molar-refractivity contribution in [3.63, 3.8) is 0 Å². The maximum absolute atomic E-state index is 11.8. The van der Waals surface area contributed by atoms with Crippen LogP contribution in [0.25, 0.3) is 11.4 Å². The first kappa shape index (κ1) is 15.0. The highest BCUT2D eigenvalue weighted by Gasteiger charge is 2.13. The topological polar surface area (TPSA) is 103 Å². The minimum atomic E-state index is -0.574. The molecule has 21 heavy (non-hydrogen) atoms. The molecule has 0 radical (unpaired) electrons. The fourth-order valence-electron chi connectivity index (χ4n) is 1.69. The van der Waals surface area contributed by atoms with Gasteiger partial charge in [-0.25, -0.2) is 4.79 Å². The van der Waals surface area contributed by atoms with Crippen molar-refractivity contribution >= 4 is 11.7 Å². The minimum Gasteiger partial charge on any atom is -0.391 e. The highest BCUT2D eigenvalue weighted by molar-refractivity contribution is 5.92. The number of aliphatic hydroxyl groups is 1. The molecule has 7 nitrogen and oxygen atoms in total. The van der Waals surface area contributed by atoms with Crippen LogP contribution < -0.4 is 10.6 Å². The van der Waals surface area contributed by atoms with Gasteiger partial charge < -0.3 is 15.7 Å². The molecule has 0 aliphatic rings. The molecule has 2 aromatic heterocycles. The number of hydrogen-bond donors (Lipinski definition) is 4. The van der Waals surface area contributed by atoms with Crippen LogP contribution in [0, 0.1) is 5.92 Å². The van der Waals surface area contributed by atoms with Crippen LogP contribution >= 0.6 is 0 Å². The predicted molar refractivity (Wildman–Crippen MR) is 79.7 cm³/mol. The predicted octanol–water partition coefficient (Wildman–Crippen LogP) is 1.61. The number of carbonyl (C=O) groups is 1. The van der Waals surface area contributed by atoms with Crippen molar-refractivity contribution in [3.8, 4) is 11.4 Å². The third-order valence-electron chi connectivity index (χ3n) is 3.05. The van der Waals surface area contributed by atoms with E-state index in [9.17, 15) is 9.90 Å². The highest BCUT2D eigenvalue weighted by Crippen LogP contribution is 2.22. The van der Waals surface area contributed by atoms with E-state index in [-0.39, 0.29) is 12.5 Å². The molecule has 0 saturated heterocycles. The number of nitrogens with one attached hydrogen (secondary N) is 3. The SMILES string of the molecule is CC(C)C(O)CNC(=O)Nc1cn[nH]c1-c1ccccn1. The quantitative estimate of drug-likeness (QED) is 0.671. The zero-order chi connectivity index (χ0) is 15.2. The Balaban J connectivity index is 1.98. The van der Waals surface area contributed by atoms with E-state index in [1.807, 2.05) is 32.0 Å². The molecular weight excluding hydrogens is 270 g/mol. The normalized spacial score (nSPS) is 12.2. The molecule has 7 heteroatoms. The number of aromatic amines is 1. The van der Waals surface area contributed by atoms with Crippen LogP contribution in [0.5, 0.6) is 0 Å². The van der Waals surface area contributed by atoms with Crippen LogP contribution in [0.3, 0.4) is 0 Å². The second-order valence-corrected chi connectivity index (χ2v) is 5.02. The van der Waals surface area contributed by atoms with E-state index in [2.05, 4.69) is 25.8 Å². The third kappa shape index (κ3) is 4.03. The van der Waals surface area contributed by atoms with E-state index in [1.165, 1.54) is 6.20 Å². The van der Waals surface area contributed by atoms with Gasteiger partial charge in [0, 0.05) is 12.7 Å². The summed E-state index contributed by atoms with van der Waals surface area (Å²) in [6.07, 6.45) is 2.61. The number of anilines is 1. The molecule has 0 fully saturated rings. The number of hydrogen-bond acceptors (Lipinski definition) is 4. The Bertz CT molecular complexity index is 582. The molecule has 0 aliphatic heterocycles. The molecule has 2 amide bonds. The van der Waals surface area contributed by atoms with Crippen molar-refractivity contribution in [2.75, 3.05) is 11.9 Å². The van der Waals surface area contributed by atoms with Crippen molar-refractivity contribution in [2.24, 2.45) is 5.92 Å². The number of H-pyrrole nitrogens is 1. The monoisotopic (exact) mass is 289 g/mol. The molecule has 112 valence electrons. The fraction of sp³-hybridized carbons (Fsp3) is 0.357. The summed E-state index contributed by atoms with van der Waals surface area (Å²) in [5.74, 6) is 0.0864. The molecule has 2 rings (SSSR count). The van der Waals surface area contributed by atoms with E-state index in [0.29, 0.717) is 17.1 Å². The van der Waals surface area contributed by atoms with Gasteiger partial charge in [0.25, 0.3) is 0 Å². The van der Waals surface area contributed by atoms with Gasteiger partial charge in [0.2, 0.25) is 0 Å². The number of aliphatic hydroxyl groups excluding tert-OH is 1. The van der Waals surface area contributed by atoms with Crippen LogP contribution in [-0.2, 0) is 0 Å². The summed E-state index contributed by atoms with van der Waals surface area (Å²) in [5.41, 5.74) is 1.85. The second kappa shape index (κ2) is 6.85. The molecule has 0 bridgehead atoms. The van der Waals surface area contributed by atoms with Crippen LogP contribution in [0.2, 0.25) is 0 Å². The van der Waals surface area contributed by atoms with Gasteiger partial charge in [-0.15, -0.1) is 0 Å². The standard InChI is InChI=1S/C14H19N5O2/c1-9(2)12(20)8-16-14(21)18-11-7-17-19-13(11)10-5-3-4-6-15-10/h3-7,9,12,20H,8H2,1-2H3,(H,17,19)(H2,16,18,21). The van der Waals surface area contributed by atoms with E-state index in [0.717, 1.165) is 0 Å². The van der Waals surface area contributed by atoms with E-state index in [1.54, 1.807) is 6.20 Å². The first-order chi connectivity index (χ1) is 10.1. The van der Waals surface area contributed by atoms with Gasteiger partial charge in [0.15, 0.2) is 0 Å². The Hall–Kier alpha value is -2.41. The number of amides is 2. The van der Waals surface area contributed by atoms with Crippen molar-refractivity contribution in [1.29, 1.82) is 0 Å².